The van der Waals surface area contributed by atoms with Gasteiger partial charge in [0.2, 0.25) is 0 Å². The van der Waals surface area contributed by atoms with E-state index < -0.39 is 5.91 Å². The highest BCUT2D eigenvalue weighted by molar-refractivity contribution is 6.10. The highest BCUT2D eigenvalue weighted by Gasteiger charge is 2.11. The fourth-order valence-electron chi connectivity index (χ4n) is 2.81. The molecular weight excluding hydrogens is 379 g/mol. The maximum atomic E-state index is 13.7. The van der Waals surface area contributed by atoms with Crippen LogP contribution in [0.4, 0.5) is 10.1 Å². The van der Waals surface area contributed by atoms with E-state index in [1.165, 1.54) is 12.1 Å². The molecule has 0 aliphatic rings. The third kappa shape index (κ3) is 5.33. The first-order valence-electron chi connectivity index (χ1n) is 9.43. The van der Waals surface area contributed by atoms with Crippen LogP contribution in [0.3, 0.4) is 0 Å². The smallest absolute Gasteiger partial charge is 0.266 e. The number of rotatable bonds is 6. The van der Waals surface area contributed by atoms with Crippen LogP contribution in [0.25, 0.3) is 6.08 Å². The Bertz CT molecular complexity index is 1130. The second-order valence-electron chi connectivity index (χ2n) is 6.89. The average molecular weight is 400 g/mol. The highest BCUT2D eigenvalue weighted by atomic mass is 19.1. The van der Waals surface area contributed by atoms with Crippen molar-refractivity contribution in [3.63, 3.8) is 0 Å². The zero-order chi connectivity index (χ0) is 21.5. The summed E-state index contributed by atoms with van der Waals surface area (Å²) in [5.41, 5.74) is 3.76. The minimum Gasteiger partial charge on any atom is -0.489 e. The molecule has 0 unspecified atom stereocenters. The molecule has 0 spiro atoms. The highest BCUT2D eigenvalue weighted by Crippen LogP contribution is 2.19. The Kier molecular flexibility index (Phi) is 6.61. The lowest BCUT2D eigenvalue weighted by atomic mass is 10.1. The van der Waals surface area contributed by atoms with Crippen molar-refractivity contribution in [3.8, 4) is 11.8 Å². The van der Waals surface area contributed by atoms with Gasteiger partial charge in [-0.3, -0.25) is 4.79 Å². The molecule has 0 radical (unpaired) electrons. The number of ether oxygens (including phenoxy) is 1. The molecule has 5 heteroatoms. The summed E-state index contributed by atoms with van der Waals surface area (Å²) in [6.45, 7) is 3.94. The van der Waals surface area contributed by atoms with E-state index in [9.17, 15) is 14.4 Å². The van der Waals surface area contributed by atoms with Crippen LogP contribution in [0, 0.1) is 31.0 Å². The first kappa shape index (κ1) is 20.8. The quantitative estimate of drug-likeness (QED) is 0.435. The van der Waals surface area contributed by atoms with Crippen LogP contribution in [-0.4, -0.2) is 5.91 Å². The largest absolute Gasteiger partial charge is 0.489 e. The lowest BCUT2D eigenvalue weighted by molar-refractivity contribution is -0.112. The Morgan fingerprint density at radius 3 is 2.53 bits per heavy atom. The van der Waals surface area contributed by atoms with Crippen LogP contribution in [-0.2, 0) is 11.4 Å². The van der Waals surface area contributed by atoms with Crippen molar-refractivity contribution in [1.82, 2.24) is 0 Å². The van der Waals surface area contributed by atoms with E-state index in [0.717, 1.165) is 11.1 Å². The number of amides is 1. The molecule has 4 nitrogen and oxygen atoms in total. The number of hydrogen-bond acceptors (Lipinski definition) is 3. The van der Waals surface area contributed by atoms with Gasteiger partial charge in [0, 0.05) is 11.3 Å². The molecule has 0 atom stereocenters. The number of carbonyl (C=O) groups excluding carboxylic acids is 1. The summed E-state index contributed by atoms with van der Waals surface area (Å²) >= 11 is 0. The summed E-state index contributed by atoms with van der Waals surface area (Å²) in [7, 11) is 0. The van der Waals surface area contributed by atoms with Crippen molar-refractivity contribution in [1.29, 1.82) is 5.26 Å². The van der Waals surface area contributed by atoms with Crippen LogP contribution in [0.2, 0.25) is 0 Å². The van der Waals surface area contributed by atoms with Crippen LogP contribution in [0.1, 0.15) is 22.3 Å². The number of hydrogen-bond donors (Lipinski definition) is 1. The Hall–Kier alpha value is -3.91. The number of nitrogens with zero attached hydrogens (tertiary/aromatic N) is 1. The summed E-state index contributed by atoms with van der Waals surface area (Å²) in [4.78, 5) is 12.5. The SMILES string of the molecule is Cc1ccc(C)c(NC(=O)/C(C#N)=C/c2ccc(OCc3ccccc3F)cc2)c1. The summed E-state index contributed by atoms with van der Waals surface area (Å²) in [5.74, 6) is -0.217. The van der Waals surface area contributed by atoms with Gasteiger partial charge in [-0.2, -0.15) is 5.26 Å². The van der Waals surface area contributed by atoms with Gasteiger partial charge in [0.1, 0.15) is 29.8 Å². The second-order valence-corrected chi connectivity index (χ2v) is 6.89. The molecule has 30 heavy (non-hydrogen) atoms. The van der Waals surface area contributed by atoms with E-state index in [4.69, 9.17) is 4.74 Å². The van der Waals surface area contributed by atoms with Gasteiger partial charge < -0.3 is 10.1 Å². The lowest BCUT2D eigenvalue weighted by Gasteiger charge is -2.09. The van der Waals surface area contributed by atoms with E-state index in [0.29, 0.717) is 22.6 Å². The third-order valence-electron chi connectivity index (χ3n) is 4.55. The molecule has 0 aliphatic carbocycles. The van der Waals surface area contributed by atoms with Crippen molar-refractivity contribution in [2.45, 2.75) is 20.5 Å². The number of benzene rings is 3. The van der Waals surface area contributed by atoms with E-state index in [1.807, 2.05) is 38.1 Å². The predicted octanol–water partition coefficient (Wildman–Crippen LogP) is 5.57. The number of anilines is 1. The summed E-state index contributed by atoms with van der Waals surface area (Å²) in [6.07, 6.45) is 1.51. The summed E-state index contributed by atoms with van der Waals surface area (Å²) in [6, 6.07) is 21.0. The lowest BCUT2D eigenvalue weighted by Crippen LogP contribution is -2.14. The van der Waals surface area contributed by atoms with Crippen molar-refractivity contribution in [2.75, 3.05) is 5.32 Å². The molecule has 0 bridgehead atoms. The van der Waals surface area contributed by atoms with Crippen molar-refractivity contribution >= 4 is 17.7 Å². The average Bonchev–Trinajstić information content (AvgIpc) is 2.75. The molecule has 150 valence electrons. The van der Waals surface area contributed by atoms with Crippen LogP contribution >= 0.6 is 0 Å². The van der Waals surface area contributed by atoms with Gasteiger partial charge in [0.05, 0.1) is 0 Å². The number of aryl methyl sites for hydroxylation is 2. The van der Waals surface area contributed by atoms with E-state index in [1.54, 1.807) is 42.5 Å². The molecule has 0 saturated carbocycles. The van der Waals surface area contributed by atoms with Crippen molar-refractivity contribution in [3.05, 3.63) is 100 Å². The molecule has 3 aromatic rings. The van der Waals surface area contributed by atoms with Gasteiger partial charge >= 0.3 is 0 Å². The predicted molar refractivity (Wildman–Crippen MR) is 115 cm³/mol. The van der Waals surface area contributed by atoms with Crippen LogP contribution in [0.15, 0.2) is 72.3 Å². The van der Waals surface area contributed by atoms with Crippen molar-refractivity contribution < 1.29 is 13.9 Å². The Morgan fingerprint density at radius 2 is 1.83 bits per heavy atom. The van der Waals surface area contributed by atoms with Gasteiger partial charge in [0.15, 0.2) is 0 Å². The molecule has 0 aromatic heterocycles. The summed E-state index contributed by atoms with van der Waals surface area (Å²) in [5, 5.41) is 12.2. The molecule has 1 amide bonds. The fraction of sp³-hybridized carbons (Fsp3) is 0.120. The van der Waals surface area contributed by atoms with Gasteiger partial charge in [-0.1, -0.05) is 42.5 Å². The fourth-order valence-corrected chi connectivity index (χ4v) is 2.81. The third-order valence-corrected chi connectivity index (χ3v) is 4.55. The molecule has 0 heterocycles. The first-order chi connectivity index (χ1) is 14.5. The Labute approximate surface area is 175 Å². The molecule has 3 rings (SSSR count). The topological polar surface area (TPSA) is 62.1 Å². The van der Waals surface area contributed by atoms with Gasteiger partial charge in [-0.05, 0) is 60.9 Å². The van der Waals surface area contributed by atoms with Gasteiger partial charge in [-0.25, -0.2) is 4.39 Å². The molecule has 0 fully saturated rings. The zero-order valence-corrected chi connectivity index (χ0v) is 16.8. The van der Waals surface area contributed by atoms with Crippen LogP contribution < -0.4 is 10.1 Å². The number of halogens is 1. The van der Waals surface area contributed by atoms with E-state index >= 15 is 0 Å². The normalized spacial score (nSPS) is 10.9. The number of nitriles is 1. The minimum atomic E-state index is -0.467. The Balaban J connectivity index is 1.68. The van der Waals surface area contributed by atoms with Crippen LogP contribution in [0.5, 0.6) is 5.75 Å². The molecular formula is C25H21FN2O2. The number of carbonyl (C=O) groups is 1. The van der Waals surface area contributed by atoms with Crippen molar-refractivity contribution in [2.24, 2.45) is 0 Å². The van der Waals surface area contributed by atoms with E-state index in [-0.39, 0.29) is 18.0 Å². The molecule has 3 aromatic carbocycles. The molecule has 0 saturated heterocycles. The maximum absolute atomic E-state index is 13.7. The standard InChI is InChI=1S/C25H21FN2O2/c1-17-7-8-18(2)24(13-17)28-25(29)21(15-27)14-19-9-11-22(12-10-19)30-16-20-5-3-4-6-23(20)26/h3-14H,16H2,1-2H3,(H,28,29)/b21-14+. The maximum Gasteiger partial charge on any atom is 0.266 e. The first-order valence-corrected chi connectivity index (χ1v) is 9.43. The molecule has 0 aliphatic heterocycles. The minimum absolute atomic E-state index is 0.00377. The molecule has 1 N–H and O–H groups in total. The summed E-state index contributed by atoms with van der Waals surface area (Å²) < 4.78 is 19.3. The van der Waals surface area contributed by atoms with Gasteiger partial charge in [0.25, 0.3) is 5.91 Å². The second kappa shape index (κ2) is 9.53. The monoisotopic (exact) mass is 400 g/mol. The number of nitrogens with one attached hydrogen (secondary N) is 1. The van der Waals surface area contributed by atoms with E-state index in [2.05, 4.69) is 5.32 Å². The van der Waals surface area contributed by atoms with Gasteiger partial charge in [-0.15, -0.1) is 0 Å². The zero-order valence-electron chi connectivity index (χ0n) is 16.8. The Morgan fingerprint density at radius 1 is 1.10 bits per heavy atom.